The summed E-state index contributed by atoms with van der Waals surface area (Å²) >= 11 is 3.51. The lowest BCUT2D eigenvalue weighted by Gasteiger charge is -2.11. The van der Waals surface area contributed by atoms with Crippen LogP contribution in [0.1, 0.15) is 24.1 Å². The van der Waals surface area contributed by atoms with Gasteiger partial charge in [0.15, 0.2) is 0 Å². The number of hydrogen-bond donors (Lipinski definition) is 1. The lowest BCUT2D eigenvalue weighted by Crippen LogP contribution is -2.04. The standard InChI is InChI=1S/C15H16BrNO/c1-10-4-3-5-13(8-10)18-15-7-6-12(11(2)17)9-14(15)16/h3-9,11H,17H2,1-2H3/t11-/m0/s1. The molecule has 0 amide bonds. The third-order valence-corrected chi connectivity index (χ3v) is 3.32. The van der Waals surface area contributed by atoms with Crippen LogP contribution >= 0.6 is 15.9 Å². The van der Waals surface area contributed by atoms with Gasteiger partial charge in [-0.1, -0.05) is 18.2 Å². The van der Waals surface area contributed by atoms with Crippen LogP contribution < -0.4 is 10.5 Å². The highest BCUT2D eigenvalue weighted by molar-refractivity contribution is 9.10. The molecule has 0 spiro atoms. The highest BCUT2D eigenvalue weighted by atomic mass is 79.9. The first-order valence-corrected chi connectivity index (χ1v) is 6.65. The summed E-state index contributed by atoms with van der Waals surface area (Å²) in [6, 6.07) is 13.9. The van der Waals surface area contributed by atoms with E-state index in [4.69, 9.17) is 10.5 Å². The van der Waals surface area contributed by atoms with E-state index in [1.807, 2.05) is 56.3 Å². The van der Waals surface area contributed by atoms with Crippen LogP contribution in [0.3, 0.4) is 0 Å². The minimum atomic E-state index is 0.0225. The third kappa shape index (κ3) is 3.12. The summed E-state index contributed by atoms with van der Waals surface area (Å²) < 4.78 is 6.75. The van der Waals surface area contributed by atoms with Crippen molar-refractivity contribution in [2.75, 3.05) is 0 Å². The Morgan fingerprint density at radius 1 is 1.17 bits per heavy atom. The van der Waals surface area contributed by atoms with Gasteiger partial charge in [0.1, 0.15) is 11.5 Å². The number of benzene rings is 2. The van der Waals surface area contributed by atoms with Crippen LogP contribution in [0.5, 0.6) is 11.5 Å². The van der Waals surface area contributed by atoms with Crippen LogP contribution in [0, 0.1) is 6.92 Å². The molecule has 0 saturated carbocycles. The fraction of sp³-hybridized carbons (Fsp3) is 0.200. The fourth-order valence-corrected chi connectivity index (χ4v) is 2.17. The Hall–Kier alpha value is -1.32. The van der Waals surface area contributed by atoms with E-state index in [1.165, 1.54) is 5.56 Å². The van der Waals surface area contributed by atoms with E-state index < -0.39 is 0 Å². The molecule has 1 atom stereocenters. The molecule has 0 fully saturated rings. The Morgan fingerprint density at radius 3 is 2.56 bits per heavy atom. The number of ether oxygens (including phenoxy) is 1. The first-order chi connectivity index (χ1) is 8.56. The number of rotatable bonds is 3. The highest BCUT2D eigenvalue weighted by Crippen LogP contribution is 2.31. The van der Waals surface area contributed by atoms with E-state index in [0.29, 0.717) is 0 Å². The summed E-state index contributed by atoms with van der Waals surface area (Å²) in [5.41, 5.74) is 8.10. The molecule has 0 aliphatic heterocycles. The van der Waals surface area contributed by atoms with E-state index in [-0.39, 0.29) is 6.04 Å². The third-order valence-electron chi connectivity index (χ3n) is 2.70. The summed E-state index contributed by atoms with van der Waals surface area (Å²) in [6.45, 7) is 4.00. The van der Waals surface area contributed by atoms with Crippen molar-refractivity contribution in [3.05, 3.63) is 58.1 Å². The van der Waals surface area contributed by atoms with Crippen molar-refractivity contribution in [2.24, 2.45) is 5.73 Å². The van der Waals surface area contributed by atoms with Gasteiger partial charge in [0.25, 0.3) is 0 Å². The molecule has 2 aromatic carbocycles. The lowest BCUT2D eigenvalue weighted by molar-refractivity contribution is 0.479. The second kappa shape index (κ2) is 5.55. The van der Waals surface area contributed by atoms with E-state index >= 15 is 0 Å². The van der Waals surface area contributed by atoms with Crippen molar-refractivity contribution in [1.29, 1.82) is 0 Å². The number of hydrogen-bond acceptors (Lipinski definition) is 2. The summed E-state index contributed by atoms with van der Waals surface area (Å²) in [7, 11) is 0. The van der Waals surface area contributed by atoms with E-state index in [0.717, 1.165) is 21.5 Å². The average molecular weight is 306 g/mol. The molecule has 2 nitrogen and oxygen atoms in total. The Kier molecular flexibility index (Phi) is 4.04. The van der Waals surface area contributed by atoms with Crippen LogP contribution in [-0.2, 0) is 0 Å². The topological polar surface area (TPSA) is 35.2 Å². The van der Waals surface area contributed by atoms with Crippen molar-refractivity contribution < 1.29 is 4.74 Å². The average Bonchev–Trinajstić information content (AvgIpc) is 2.31. The van der Waals surface area contributed by atoms with Gasteiger partial charge in [0.2, 0.25) is 0 Å². The van der Waals surface area contributed by atoms with Crippen LogP contribution in [0.2, 0.25) is 0 Å². The first kappa shape index (κ1) is 13.1. The molecule has 0 bridgehead atoms. The normalized spacial score (nSPS) is 12.2. The molecule has 2 rings (SSSR count). The first-order valence-electron chi connectivity index (χ1n) is 5.86. The van der Waals surface area contributed by atoms with Crippen LogP contribution in [0.15, 0.2) is 46.9 Å². The van der Waals surface area contributed by atoms with Gasteiger partial charge in [-0.15, -0.1) is 0 Å². The molecular weight excluding hydrogens is 290 g/mol. The largest absolute Gasteiger partial charge is 0.456 e. The van der Waals surface area contributed by atoms with E-state index in [2.05, 4.69) is 15.9 Å². The van der Waals surface area contributed by atoms with Gasteiger partial charge in [-0.05, 0) is 65.2 Å². The van der Waals surface area contributed by atoms with Crippen molar-refractivity contribution in [1.82, 2.24) is 0 Å². The van der Waals surface area contributed by atoms with Crippen molar-refractivity contribution in [3.8, 4) is 11.5 Å². The molecule has 2 N–H and O–H groups in total. The minimum Gasteiger partial charge on any atom is -0.456 e. The van der Waals surface area contributed by atoms with Gasteiger partial charge in [0.05, 0.1) is 4.47 Å². The molecule has 18 heavy (non-hydrogen) atoms. The zero-order valence-corrected chi connectivity index (χ0v) is 12.1. The van der Waals surface area contributed by atoms with Gasteiger partial charge in [-0.25, -0.2) is 0 Å². The molecule has 0 aromatic heterocycles. The van der Waals surface area contributed by atoms with Crippen LogP contribution in [0.25, 0.3) is 0 Å². The number of aryl methyl sites for hydroxylation is 1. The Bertz CT molecular complexity index is 552. The van der Waals surface area contributed by atoms with E-state index in [9.17, 15) is 0 Å². The maximum absolute atomic E-state index is 5.84. The molecule has 94 valence electrons. The smallest absolute Gasteiger partial charge is 0.141 e. The molecule has 0 unspecified atom stereocenters. The van der Waals surface area contributed by atoms with Crippen molar-refractivity contribution >= 4 is 15.9 Å². The summed E-state index contributed by atoms with van der Waals surface area (Å²) in [6.07, 6.45) is 0. The number of halogens is 1. The van der Waals surface area contributed by atoms with Crippen molar-refractivity contribution in [2.45, 2.75) is 19.9 Å². The molecule has 0 aliphatic rings. The van der Waals surface area contributed by atoms with Crippen LogP contribution in [-0.4, -0.2) is 0 Å². The quantitative estimate of drug-likeness (QED) is 0.901. The summed E-state index contributed by atoms with van der Waals surface area (Å²) in [5, 5.41) is 0. The van der Waals surface area contributed by atoms with Gasteiger partial charge >= 0.3 is 0 Å². The molecule has 0 radical (unpaired) electrons. The lowest BCUT2D eigenvalue weighted by atomic mass is 10.1. The van der Waals surface area contributed by atoms with E-state index in [1.54, 1.807) is 0 Å². The number of nitrogens with two attached hydrogens (primary N) is 1. The van der Waals surface area contributed by atoms with Gasteiger partial charge in [-0.2, -0.15) is 0 Å². The van der Waals surface area contributed by atoms with Gasteiger partial charge in [-0.3, -0.25) is 0 Å². The van der Waals surface area contributed by atoms with Crippen molar-refractivity contribution in [3.63, 3.8) is 0 Å². The van der Waals surface area contributed by atoms with Gasteiger partial charge < -0.3 is 10.5 Å². The molecular formula is C15H16BrNO. The summed E-state index contributed by atoms with van der Waals surface area (Å²) in [4.78, 5) is 0. The Balaban J connectivity index is 2.24. The predicted octanol–water partition coefficient (Wildman–Crippen LogP) is 4.57. The zero-order chi connectivity index (χ0) is 13.1. The Labute approximate surface area is 116 Å². The molecule has 0 aliphatic carbocycles. The fourth-order valence-electron chi connectivity index (χ4n) is 1.69. The zero-order valence-electron chi connectivity index (χ0n) is 10.5. The maximum atomic E-state index is 5.84. The second-order valence-corrected chi connectivity index (χ2v) is 5.25. The Morgan fingerprint density at radius 2 is 1.94 bits per heavy atom. The minimum absolute atomic E-state index is 0.0225. The highest BCUT2D eigenvalue weighted by Gasteiger charge is 2.06. The second-order valence-electron chi connectivity index (χ2n) is 4.40. The molecule has 0 saturated heterocycles. The summed E-state index contributed by atoms with van der Waals surface area (Å²) in [5.74, 6) is 1.63. The molecule has 3 heteroatoms. The maximum Gasteiger partial charge on any atom is 0.141 e. The monoisotopic (exact) mass is 305 g/mol. The SMILES string of the molecule is Cc1cccc(Oc2ccc([C@H](C)N)cc2Br)c1. The van der Waals surface area contributed by atoms with Gasteiger partial charge in [0, 0.05) is 6.04 Å². The molecule has 0 heterocycles. The molecule has 2 aromatic rings. The predicted molar refractivity (Wildman–Crippen MR) is 78.0 cm³/mol. The van der Waals surface area contributed by atoms with Crippen LogP contribution in [0.4, 0.5) is 0 Å².